The van der Waals surface area contributed by atoms with Gasteiger partial charge in [0, 0.05) is 18.8 Å². The summed E-state index contributed by atoms with van der Waals surface area (Å²) >= 11 is 6.20. The highest BCUT2D eigenvalue weighted by molar-refractivity contribution is 6.32. The first kappa shape index (κ1) is 19.6. The van der Waals surface area contributed by atoms with E-state index in [0.717, 1.165) is 4.57 Å². The topological polar surface area (TPSA) is 74.5 Å². The summed E-state index contributed by atoms with van der Waals surface area (Å²) in [5, 5.41) is 3.99. The number of methoxy groups -OCH3 is 2. The molecule has 28 heavy (non-hydrogen) atoms. The van der Waals surface area contributed by atoms with Crippen molar-refractivity contribution < 1.29 is 9.47 Å². The minimum Gasteiger partial charge on any atom is -0.495 e. The number of anilines is 1. The second-order valence-corrected chi connectivity index (χ2v) is 6.57. The van der Waals surface area contributed by atoms with E-state index in [1.165, 1.54) is 25.8 Å². The number of benzene rings is 2. The van der Waals surface area contributed by atoms with Gasteiger partial charge in [-0.3, -0.25) is 13.9 Å². The maximum atomic E-state index is 12.6. The molecule has 0 bridgehead atoms. The number of rotatable bonds is 6. The quantitative estimate of drug-likeness (QED) is 0.687. The van der Waals surface area contributed by atoms with Crippen LogP contribution in [0.4, 0.5) is 5.69 Å². The highest BCUT2D eigenvalue weighted by Crippen LogP contribution is 2.36. The van der Waals surface area contributed by atoms with Gasteiger partial charge in [-0.15, -0.1) is 0 Å². The number of hydrogen-bond donors (Lipinski definition) is 1. The van der Waals surface area contributed by atoms with Crippen LogP contribution < -0.4 is 26.0 Å². The van der Waals surface area contributed by atoms with E-state index in [1.54, 1.807) is 36.4 Å². The van der Waals surface area contributed by atoms with Gasteiger partial charge in [-0.2, -0.15) is 0 Å². The molecule has 3 rings (SSSR count). The number of hydrogen-bond acceptors (Lipinski definition) is 5. The van der Waals surface area contributed by atoms with E-state index in [2.05, 4.69) is 11.9 Å². The molecule has 7 nitrogen and oxygen atoms in total. The summed E-state index contributed by atoms with van der Waals surface area (Å²) in [5.41, 5.74) is 0.884. The molecule has 3 aromatic rings. The van der Waals surface area contributed by atoms with Crippen LogP contribution in [-0.2, 0) is 13.6 Å². The molecule has 8 heteroatoms. The number of para-hydroxylation sites is 1. The number of aromatic nitrogens is 2. The molecule has 0 radical (unpaired) electrons. The fourth-order valence-corrected chi connectivity index (χ4v) is 3.21. The normalized spacial score (nSPS) is 10.7. The maximum absolute atomic E-state index is 12.6. The molecule has 0 aliphatic carbocycles. The van der Waals surface area contributed by atoms with Gasteiger partial charge in [0.15, 0.2) is 0 Å². The Labute approximate surface area is 166 Å². The van der Waals surface area contributed by atoms with E-state index in [9.17, 15) is 9.59 Å². The molecular weight excluding hydrogens is 382 g/mol. The maximum Gasteiger partial charge on any atom is 0.331 e. The average molecular weight is 402 g/mol. The van der Waals surface area contributed by atoms with Crippen molar-refractivity contribution in [2.24, 2.45) is 7.05 Å². The summed E-state index contributed by atoms with van der Waals surface area (Å²) in [5.74, 6) is 0.995. The van der Waals surface area contributed by atoms with E-state index in [1.807, 2.05) is 0 Å². The van der Waals surface area contributed by atoms with Crippen molar-refractivity contribution in [2.75, 3.05) is 19.5 Å². The van der Waals surface area contributed by atoms with E-state index < -0.39 is 5.69 Å². The van der Waals surface area contributed by atoms with Gasteiger partial charge < -0.3 is 14.8 Å². The first-order chi connectivity index (χ1) is 13.4. The minimum absolute atomic E-state index is 0.153. The number of nitrogens with zero attached hydrogens (tertiary/aromatic N) is 2. The first-order valence-electron chi connectivity index (χ1n) is 8.42. The average Bonchev–Trinajstić information content (AvgIpc) is 2.69. The summed E-state index contributed by atoms with van der Waals surface area (Å²) in [7, 11) is 4.50. The SMILES string of the molecule is C=C(Cn1c(=O)n(C)c(=O)c2ccccc21)Nc1cc(Cl)c(OC)cc1OC. The van der Waals surface area contributed by atoms with Gasteiger partial charge in [0.1, 0.15) is 11.5 Å². The van der Waals surface area contributed by atoms with E-state index in [0.29, 0.717) is 38.8 Å². The number of fused-ring (bicyclic) bond motifs is 1. The van der Waals surface area contributed by atoms with Crippen molar-refractivity contribution in [2.45, 2.75) is 6.54 Å². The Balaban J connectivity index is 1.98. The van der Waals surface area contributed by atoms with Crippen molar-refractivity contribution in [3.63, 3.8) is 0 Å². The summed E-state index contributed by atoms with van der Waals surface area (Å²) < 4.78 is 13.1. The van der Waals surface area contributed by atoms with Crippen LogP contribution in [0, 0.1) is 0 Å². The van der Waals surface area contributed by atoms with Gasteiger partial charge in [0.05, 0.1) is 42.4 Å². The van der Waals surface area contributed by atoms with Gasteiger partial charge in [0.25, 0.3) is 5.56 Å². The molecule has 146 valence electrons. The lowest BCUT2D eigenvalue weighted by atomic mass is 10.2. The molecule has 0 unspecified atom stereocenters. The van der Waals surface area contributed by atoms with Crippen molar-refractivity contribution in [1.29, 1.82) is 0 Å². The fraction of sp³-hybridized carbons (Fsp3) is 0.200. The smallest absolute Gasteiger partial charge is 0.331 e. The highest BCUT2D eigenvalue weighted by atomic mass is 35.5. The van der Waals surface area contributed by atoms with Crippen LogP contribution in [0.1, 0.15) is 0 Å². The number of ether oxygens (including phenoxy) is 2. The Morgan fingerprint density at radius 1 is 1.14 bits per heavy atom. The van der Waals surface area contributed by atoms with Gasteiger partial charge in [-0.1, -0.05) is 30.3 Å². The Morgan fingerprint density at radius 2 is 1.82 bits per heavy atom. The molecule has 0 aliphatic rings. The molecule has 0 saturated heterocycles. The van der Waals surface area contributed by atoms with Crippen molar-refractivity contribution in [3.8, 4) is 11.5 Å². The molecule has 0 fully saturated rings. The molecule has 1 N–H and O–H groups in total. The second kappa shape index (κ2) is 7.82. The summed E-state index contributed by atoms with van der Waals surface area (Å²) in [4.78, 5) is 25.0. The van der Waals surface area contributed by atoms with Crippen LogP contribution in [0.3, 0.4) is 0 Å². The van der Waals surface area contributed by atoms with Gasteiger partial charge in [0.2, 0.25) is 0 Å². The third-order valence-electron chi connectivity index (χ3n) is 4.38. The van der Waals surface area contributed by atoms with Gasteiger partial charge >= 0.3 is 5.69 Å². The first-order valence-corrected chi connectivity index (χ1v) is 8.80. The standard InChI is InChI=1S/C20H20ClN3O4/c1-12(22-15-9-14(21)17(27-3)10-18(15)28-4)11-24-16-8-6-5-7-13(16)19(25)23(2)20(24)26/h5-10,22H,1,11H2,2-4H3. The monoisotopic (exact) mass is 401 g/mol. The van der Waals surface area contributed by atoms with Crippen molar-refractivity contribution >= 4 is 28.2 Å². The van der Waals surface area contributed by atoms with Gasteiger partial charge in [-0.25, -0.2) is 4.79 Å². The minimum atomic E-state index is -0.425. The molecule has 0 spiro atoms. The zero-order chi connectivity index (χ0) is 20.4. The van der Waals surface area contributed by atoms with Crippen molar-refractivity contribution in [1.82, 2.24) is 9.13 Å². The Kier molecular flexibility index (Phi) is 5.46. The molecule has 0 aliphatic heterocycles. The molecule has 0 amide bonds. The van der Waals surface area contributed by atoms with Crippen LogP contribution in [0.2, 0.25) is 5.02 Å². The number of allylic oxidation sites excluding steroid dienone is 1. The van der Waals surface area contributed by atoms with Crippen LogP contribution in [0.25, 0.3) is 10.9 Å². The largest absolute Gasteiger partial charge is 0.495 e. The Bertz CT molecular complexity index is 1180. The predicted molar refractivity (Wildman–Crippen MR) is 111 cm³/mol. The molecule has 1 heterocycles. The molecule has 0 saturated carbocycles. The molecule has 0 atom stereocenters. The lowest BCUT2D eigenvalue weighted by Crippen LogP contribution is -2.38. The number of nitrogens with one attached hydrogen (secondary N) is 1. The highest BCUT2D eigenvalue weighted by Gasteiger charge is 2.14. The molecule has 1 aromatic heterocycles. The van der Waals surface area contributed by atoms with E-state index in [4.69, 9.17) is 21.1 Å². The molecule has 2 aromatic carbocycles. The zero-order valence-corrected chi connectivity index (χ0v) is 16.5. The zero-order valence-electron chi connectivity index (χ0n) is 15.8. The van der Waals surface area contributed by atoms with Crippen LogP contribution >= 0.6 is 11.6 Å². The summed E-state index contributed by atoms with van der Waals surface area (Å²) in [6.07, 6.45) is 0. The van der Waals surface area contributed by atoms with Crippen LogP contribution in [-0.4, -0.2) is 23.4 Å². The van der Waals surface area contributed by atoms with E-state index in [-0.39, 0.29) is 12.1 Å². The fourth-order valence-electron chi connectivity index (χ4n) is 2.97. The summed E-state index contributed by atoms with van der Waals surface area (Å²) in [6.45, 7) is 4.16. The Hall–Kier alpha value is -3.19. The molecular formula is C20H20ClN3O4. The number of halogens is 1. The second-order valence-electron chi connectivity index (χ2n) is 6.17. The Morgan fingerprint density at radius 3 is 2.50 bits per heavy atom. The van der Waals surface area contributed by atoms with Crippen LogP contribution in [0.15, 0.2) is 58.3 Å². The predicted octanol–water partition coefficient (Wildman–Crippen LogP) is 3.00. The van der Waals surface area contributed by atoms with Gasteiger partial charge in [-0.05, 0) is 18.2 Å². The van der Waals surface area contributed by atoms with Crippen molar-refractivity contribution in [3.05, 3.63) is 74.5 Å². The third-order valence-corrected chi connectivity index (χ3v) is 4.68. The van der Waals surface area contributed by atoms with Crippen LogP contribution in [0.5, 0.6) is 11.5 Å². The van der Waals surface area contributed by atoms with E-state index >= 15 is 0 Å². The lowest BCUT2D eigenvalue weighted by molar-refractivity contribution is 0.395. The third kappa shape index (κ3) is 3.48. The lowest BCUT2D eigenvalue weighted by Gasteiger charge is -2.17. The summed E-state index contributed by atoms with van der Waals surface area (Å²) in [6, 6.07) is 10.3.